The summed E-state index contributed by atoms with van der Waals surface area (Å²) in [6, 6.07) is 4.32. The minimum absolute atomic E-state index is 0.346. The molecule has 0 heterocycles. The molecule has 0 amide bonds. The molecule has 0 saturated heterocycles. The fourth-order valence-corrected chi connectivity index (χ4v) is 1.33. The normalized spacial score (nSPS) is 10.8. The summed E-state index contributed by atoms with van der Waals surface area (Å²) in [5.74, 6) is 0.132. The number of allylic oxidation sites excluding steroid dienone is 1. The summed E-state index contributed by atoms with van der Waals surface area (Å²) in [7, 11) is 0. The summed E-state index contributed by atoms with van der Waals surface area (Å²) >= 11 is 11.1. The highest BCUT2D eigenvalue weighted by Gasteiger charge is 1.96. The zero-order valence-electron chi connectivity index (χ0n) is 7.43. The Morgan fingerprint density at radius 1 is 1.29 bits per heavy atom. The van der Waals surface area contributed by atoms with Crippen LogP contribution in [0.3, 0.4) is 0 Å². The molecule has 0 radical (unpaired) electrons. The van der Waals surface area contributed by atoms with E-state index in [0.29, 0.717) is 23.1 Å². The molecular formula is C10H10Cl2FN. The van der Waals surface area contributed by atoms with E-state index in [-0.39, 0.29) is 5.82 Å². The monoisotopic (exact) mass is 233 g/mol. The van der Waals surface area contributed by atoms with Crippen molar-refractivity contribution >= 4 is 28.9 Å². The summed E-state index contributed by atoms with van der Waals surface area (Å²) in [6.45, 7) is 0.604. The van der Waals surface area contributed by atoms with Gasteiger partial charge in [-0.2, -0.15) is 0 Å². The largest absolute Gasteiger partial charge is 0.381 e. The molecule has 1 aromatic carbocycles. The smallest absolute Gasteiger partial charge is 0.126 e. The predicted molar refractivity (Wildman–Crippen MR) is 59.8 cm³/mol. The molecule has 0 aliphatic rings. The van der Waals surface area contributed by atoms with E-state index in [1.807, 2.05) is 12.2 Å². The maximum absolute atomic E-state index is 12.8. The number of alkyl halides is 1. The molecular weight excluding hydrogens is 224 g/mol. The predicted octanol–water partition coefficient (Wildman–Crippen LogP) is 3.69. The Kier molecular flexibility index (Phi) is 4.77. The van der Waals surface area contributed by atoms with Crippen LogP contribution in [-0.4, -0.2) is 12.4 Å². The van der Waals surface area contributed by atoms with Crippen LogP contribution >= 0.6 is 23.2 Å². The zero-order valence-corrected chi connectivity index (χ0v) is 8.95. The quantitative estimate of drug-likeness (QED) is 0.618. The number of hydrogen-bond acceptors (Lipinski definition) is 1. The highest BCUT2D eigenvalue weighted by molar-refractivity contribution is 6.30. The van der Waals surface area contributed by atoms with E-state index in [1.54, 1.807) is 6.07 Å². The van der Waals surface area contributed by atoms with Crippen molar-refractivity contribution in [1.29, 1.82) is 0 Å². The number of nitrogens with one attached hydrogen (secondary N) is 1. The standard InChI is InChI=1S/C10H10Cl2FN/c11-3-1-2-4-14-10-6-8(12)5-9(13)7-10/h1-2,5-7,14H,3-4H2/b2-1+. The van der Waals surface area contributed by atoms with Crippen molar-refractivity contribution < 1.29 is 4.39 Å². The van der Waals surface area contributed by atoms with Gasteiger partial charge in [0.1, 0.15) is 5.82 Å². The average Bonchev–Trinajstić information content (AvgIpc) is 2.11. The lowest BCUT2D eigenvalue weighted by atomic mass is 10.3. The summed E-state index contributed by atoms with van der Waals surface area (Å²) < 4.78 is 12.8. The summed E-state index contributed by atoms with van der Waals surface area (Å²) in [5.41, 5.74) is 0.661. The maximum Gasteiger partial charge on any atom is 0.126 e. The second-order valence-electron chi connectivity index (χ2n) is 2.66. The van der Waals surface area contributed by atoms with Crippen LogP contribution in [0.15, 0.2) is 30.4 Å². The minimum Gasteiger partial charge on any atom is -0.381 e. The van der Waals surface area contributed by atoms with Gasteiger partial charge in [0, 0.05) is 23.1 Å². The summed E-state index contributed by atoms with van der Waals surface area (Å²) in [6.07, 6.45) is 3.68. The van der Waals surface area contributed by atoms with Crippen LogP contribution in [0, 0.1) is 5.82 Å². The number of benzene rings is 1. The van der Waals surface area contributed by atoms with Crippen molar-refractivity contribution in [2.45, 2.75) is 0 Å². The van der Waals surface area contributed by atoms with Gasteiger partial charge in [-0.05, 0) is 18.2 Å². The van der Waals surface area contributed by atoms with E-state index in [2.05, 4.69) is 5.32 Å². The minimum atomic E-state index is -0.346. The molecule has 0 aliphatic carbocycles. The molecule has 0 saturated carbocycles. The lowest BCUT2D eigenvalue weighted by Gasteiger charge is -2.03. The lowest BCUT2D eigenvalue weighted by Crippen LogP contribution is -1.98. The first-order chi connectivity index (χ1) is 6.72. The fourth-order valence-electron chi connectivity index (χ4n) is 0.979. The van der Waals surface area contributed by atoms with Crippen molar-refractivity contribution in [3.63, 3.8) is 0 Å². The van der Waals surface area contributed by atoms with Crippen LogP contribution in [0.4, 0.5) is 10.1 Å². The summed E-state index contributed by atoms with van der Waals surface area (Å²) in [5, 5.41) is 3.37. The maximum atomic E-state index is 12.8. The molecule has 0 atom stereocenters. The van der Waals surface area contributed by atoms with Gasteiger partial charge in [0.05, 0.1) is 0 Å². The third kappa shape index (κ3) is 3.99. The molecule has 1 nitrogen and oxygen atoms in total. The topological polar surface area (TPSA) is 12.0 Å². The van der Waals surface area contributed by atoms with Gasteiger partial charge in [0.25, 0.3) is 0 Å². The zero-order chi connectivity index (χ0) is 10.4. The van der Waals surface area contributed by atoms with E-state index in [4.69, 9.17) is 23.2 Å². The SMILES string of the molecule is Fc1cc(Cl)cc(NC/C=C/CCl)c1. The molecule has 14 heavy (non-hydrogen) atoms. The van der Waals surface area contributed by atoms with Gasteiger partial charge >= 0.3 is 0 Å². The Bertz CT molecular complexity index is 306. The second-order valence-corrected chi connectivity index (χ2v) is 3.41. The molecule has 1 aromatic rings. The number of anilines is 1. The molecule has 0 aromatic heterocycles. The highest BCUT2D eigenvalue weighted by Crippen LogP contribution is 2.17. The van der Waals surface area contributed by atoms with Gasteiger partial charge in [-0.3, -0.25) is 0 Å². The number of halogens is 3. The van der Waals surface area contributed by atoms with Crippen LogP contribution in [-0.2, 0) is 0 Å². The van der Waals surface area contributed by atoms with Gasteiger partial charge in [0.15, 0.2) is 0 Å². The molecule has 0 fully saturated rings. The van der Waals surface area contributed by atoms with Gasteiger partial charge in [-0.25, -0.2) is 4.39 Å². The Morgan fingerprint density at radius 3 is 2.71 bits per heavy atom. The van der Waals surface area contributed by atoms with Gasteiger partial charge < -0.3 is 5.32 Å². The fraction of sp³-hybridized carbons (Fsp3) is 0.200. The molecule has 1 N–H and O–H groups in total. The molecule has 0 aliphatic heterocycles. The average molecular weight is 234 g/mol. The molecule has 4 heteroatoms. The van der Waals surface area contributed by atoms with Crippen LogP contribution in [0.2, 0.25) is 5.02 Å². The molecule has 0 spiro atoms. The van der Waals surface area contributed by atoms with Gasteiger partial charge in [0.2, 0.25) is 0 Å². The van der Waals surface area contributed by atoms with E-state index >= 15 is 0 Å². The molecule has 0 bridgehead atoms. The van der Waals surface area contributed by atoms with Crippen molar-refractivity contribution in [3.8, 4) is 0 Å². The van der Waals surface area contributed by atoms with E-state index in [1.165, 1.54) is 12.1 Å². The van der Waals surface area contributed by atoms with Crippen LogP contribution in [0.1, 0.15) is 0 Å². The number of rotatable bonds is 4. The van der Waals surface area contributed by atoms with Crippen molar-refractivity contribution in [2.75, 3.05) is 17.7 Å². The van der Waals surface area contributed by atoms with Crippen LogP contribution in [0.5, 0.6) is 0 Å². The first kappa shape index (κ1) is 11.3. The Labute approximate surface area is 92.5 Å². The highest BCUT2D eigenvalue weighted by atomic mass is 35.5. The molecule has 76 valence electrons. The van der Waals surface area contributed by atoms with Crippen molar-refractivity contribution in [1.82, 2.24) is 0 Å². The third-order valence-electron chi connectivity index (χ3n) is 1.54. The molecule has 0 unspecified atom stereocenters. The van der Waals surface area contributed by atoms with E-state index in [0.717, 1.165) is 0 Å². The van der Waals surface area contributed by atoms with Crippen LogP contribution in [0.25, 0.3) is 0 Å². The Balaban J connectivity index is 2.54. The lowest BCUT2D eigenvalue weighted by molar-refractivity contribution is 0.628. The van der Waals surface area contributed by atoms with Crippen molar-refractivity contribution in [2.24, 2.45) is 0 Å². The Morgan fingerprint density at radius 2 is 2.07 bits per heavy atom. The second kappa shape index (κ2) is 5.89. The van der Waals surface area contributed by atoms with E-state index in [9.17, 15) is 4.39 Å². The first-order valence-electron chi connectivity index (χ1n) is 4.13. The Hall–Kier alpha value is -0.730. The molecule has 1 rings (SSSR count). The van der Waals surface area contributed by atoms with Gasteiger partial charge in [-0.15, -0.1) is 11.6 Å². The first-order valence-corrected chi connectivity index (χ1v) is 5.04. The van der Waals surface area contributed by atoms with Crippen molar-refractivity contribution in [3.05, 3.63) is 41.2 Å². The van der Waals surface area contributed by atoms with Crippen LogP contribution < -0.4 is 5.32 Å². The van der Waals surface area contributed by atoms with Gasteiger partial charge in [-0.1, -0.05) is 23.8 Å². The summed E-state index contributed by atoms with van der Waals surface area (Å²) in [4.78, 5) is 0. The third-order valence-corrected chi connectivity index (χ3v) is 1.94. The number of hydrogen-bond donors (Lipinski definition) is 1. The van der Waals surface area contributed by atoms with E-state index < -0.39 is 0 Å².